The first kappa shape index (κ1) is 26.5. The van der Waals surface area contributed by atoms with Crippen molar-refractivity contribution in [1.29, 1.82) is 0 Å². The molecule has 0 saturated heterocycles. The monoisotopic (exact) mass is 526 g/mol. The van der Waals surface area contributed by atoms with Crippen molar-refractivity contribution in [3.05, 3.63) is 83.7 Å². The van der Waals surface area contributed by atoms with E-state index in [9.17, 15) is 17.6 Å². The molecular formula is C28H31FN2O5S. The molecule has 196 valence electrons. The molecule has 0 aromatic heterocycles. The van der Waals surface area contributed by atoms with Crippen molar-refractivity contribution in [2.45, 2.75) is 43.6 Å². The summed E-state index contributed by atoms with van der Waals surface area (Å²) in [5, 5.41) is 2.81. The zero-order valence-electron chi connectivity index (χ0n) is 21.3. The summed E-state index contributed by atoms with van der Waals surface area (Å²) in [6.45, 7) is 6.23. The van der Waals surface area contributed by atoms with Gasteiger partial charge in [0, 0.05) is 6.54 Å². The third kappa shape index (κ3) is 5.88. The van der Waals surface area contributed by atoms with Gasteiger partial charge in [0.25, 0.3) is 15.9 Å². The predicted molar refractivity (Wildman–Crippen MR) is 140 cm³/mol. The average Bonchev–Trinajstić information content (AvgIpc) is 2.88. The fourth-order valence-corrected chi connectivity index (χ4v) is 5.52. The lowest BCUT2D eigenvalue weighted by Crippen LogP contribution is -2.51. The number of anilines is 1. The van der Waals surface area contributed by atoms with Crippen LogP contribution in [0, 0.1) is 5.82 Å². The maximum atomic E-state index is 13.8. The van der Waals surface area contributed by atoms with E-state index >= 15 is 0 Å². The molecule has 1 heterocycles. The molecule has 7 nitrogen and oxygen atoms in total. The Morgan fingerprint density at radius 3 is 2.38 bits per heavy atom. The molecule has 1 N–H and O–H groups in total. The van der Waals surface area contributed by atoms with E-state index < -0.39 is 22.0 Å². The predicted octanol–water partition coefficient (Wildman–Crippen LogP) is 4.45. The van der Waals surface area contributed by atoms with E-state index in [2.05, 4.69) is 5.32 Å². The number of methoxy groups -OCH3 is 1. The van der Waals surface area contributed by atoms with Crippen LogP contribution in [0.2, 0.25) is 0 Å². The Kier molecular flexibility index (Phi) is 7.45. The van der Waals surface area contributed by atoms with Crippen molar-refractivity contribution < 1.29 is 27.1 Å². The van der Waals surface area contributed by atoms with Gasteiger partial charge in [0.05, 0.1) is 24.2 Å². The second kappa shape index (κ2) is 10.4. The molecule has 3 aromatic rings. The van der Waals surface area contributed by atoms with Gasteiger partial charge < -0.3 is 14.8 Å². The van der Waals surface area contributed by atoms with Gasteiger partial charge in [-0.15, -0.1) is 0 Å². The smallest absolute Gasteiger partial charge is 0.264 e. The lowest BCUT2D eigenvalue weighted by molar-refractivity contribution is -0.127. The highest BCUT2D eigenvalue weighted by molar-refractivity contribution is 7.92. The number of carbonyl (C=O) groups excluding carboxylic acids is 1. The lowest BCUT2D eigenvalue weighted by atomic mass is 9.86. The molecule has 0 unspecified atom stereocenters. The van der Waals surface area contributed by atoms with E-state index in [1.807, 2.05) is 26.8 Å². The average molecular weight is 527 g/mol. The molecule has 3 aromatic carbocycles. The van der Waals surface area contributed by atoms with E-state index in [0.29, 0.717) is 30.2 Å². The highest BCUT2D eigenvalue weighted by Gasteiger charge is 2.38. The van der Waals surface area contributed by atoms with Crippen LogP contribution in [0.25, 0.3) is 0 Å². The number of nitrogens with one attached hydrogen (secondary N) is 1. The minimum absolute atomic E-state index is 0.0813. The molecule has 4 rings (SSSR count). The Labute approximate surface area is 217 Å². The molecule has 0 spiro atoms. The number of halogens is 1. The molecule has 9 heteroatoms. The Bertz CT molecular complexity index is 1370. The van der Waals surface area contributed by atoms with Crippen molar-refractivity contribution in [2.24, 2.45) is 0 Å². The number of hydrogen-bond acceptors (Lipinski definition) is 5. The second-order valence-corrected chi connectivity index (χ2v) is 11.8. The number of ether oxygens (including phenoxy) is 2. The molecule has 1 atom stereocenters. The number of nitrogens with zero attached hydrogens (tertiary/aromatic N) is 1. The summed E-state index contributed by atoms with van der Waals surface area (Å²) in [6.07, 6.45) is -0.549. The SMILES string of the molecule is COc1ccc(S(=O)(=O)N2C[C@@H](C(=O)NCCc3ccc(F)cc3)Oc3ccc(C(C)(C)C)cc32)cc1. The topological polar surface area (TPSA) is 84.9 Å². The highest BCUT2D eigenvalue weighted by Crippen LogP contribution is 2.40. The summed E-state index contributed by atoms with van der Waals surface area (Å²) < 4.78 is 53.1. The molecule has 0 saturated carbocycles. The van der Waals surface area contributed by atoms with Crippen LogP contribution in [-0.2, 0) is 26.7 Å². The van der Waals surface area contributed by atoms with Gasteiger partial charge in [-0.05, 0) is 71.5 Å². The number of hydrogen-bond donors (Lipinski definition) is 1. The number of benzene rings is 3. The summed E-state index contributed by atoms with van der Waals surface area (Å²) in [5.74, 6) is 0.0993. The Morgan fingerprint density at radius 2 is 1.76 bits per heavy atom. The molecule has 37 heavy (non-hydrogen) atoms. The summed E-state index contributed by atoms with van der Waals surface area (Å²) in [5.41, 5.74) is 1.97. The van der Waals surface area contributed by atoms with Crippen LogP contribution in [0.15, 0.2) is 71.6 Å². The fraction of sp³-hybridized carbons (Fsp3) is 0.321. The second-order valence-electron chi connectivity index (χ2n) is 9.92. The molecular weight excluding hydrogens is 495 g/mol. The Hall–Kier alpha value is -3.59. The summed E-state index contributed by atoms with van der Waals surface area (Å²) in [4.78, 5) is 13.1. The van der Waals surface area contributed by atoms with Crippen molar-refractivity contribution in [3.63, 3.8) is 0 Å². The quantitative estimate of drug-likeness (QED) is 0.492. The minimum atomic E-state index is -4.01. The van der Waals surface area contributed by atoms with Crippen LogP contribution in [0.4, 0.5) is 10.1 Å². The Balaban J connectivity index is 1.61. The van der Waals surface area contributed by atoms with Gasteiger partial charge in [0.1, 0.15) is 17.3 Å². The molecule has 1 amide bonds. The highest BCUT2D eigenvalue weighted by atomic mass is 32.2. The molecule has 0 bridgehead atoms. The van der Waals surface area contributed by atoms with Gasteiger partial charge in [-0.2, -0.15) is 0 Å². The number of carbonyl (C=O) groups is 1. The number of fused-ring (bicyclic) bond motifs is 1. The van der Waals surface area contributed by atoms with E-state index in [0.717, 1.165) is 11.1 Å². The summed E-state index contributed by atoms with van der Waals surface area (Å²) >= 11 is 0. The van der Waals surface area contributed by atoms with E-state index in [4.69, 9.17) is 9.47 Å². The summed E-state index contributed by atoms with van der Waals surface area (Å²) in [6, 6.07) is 17.6. The van der Waals surface area contributed by atoms with Gasteiger partial charge in [0.2, 0.25) is 0 Å². The van der Waals surface area contributed by atoms with Crippen LogP contribution in [-0.4, -0.2) is 40.6 Å². The van der Waals surface area contributed by atoms with Gasteiger partial charge >= 0.3 is 0 Å². The standard InChI is InChI=1S/C28H31FN2O5S/c1-28(2,3)20-7-14-25-24(17-20)31(37(33,34)23-12-10-22(35-4)11-13-23)18-26(36-25)27(32)30-16-15-19-5-8-21(29)9-6-19/h5-14,17,26H,15-16,18H2,1-4H3,(H,30,32)/t26-/m0/s1. The van der Waals surface area contributed by atoms with E-state index in [-0.39, 0.29) is 22.7 Å². The van der Waals surface area contributed by atoms with Crippen LogP contribution in [0.5, 0.6) is 11.5 Å². The van der Waals surface area contributed by atoms with Crippen molar-refractivity contribution >= 4 is 21.6 Å². The zero-order chi connectivity index (χ0) is 26.8. The third-order valence-electron chi connectivity index (χ3n) is 6.26. The zero-order valence-corrected chi connectivity index (χ0v) is 22.1. The molecule has 0 fully saturated rings. The van der Waals surface area contributed by atoms with Crippen LogP contribution < -0.4 is 19.1 Å². The maximum Gasteiger partial charge on any atom is 0.264 e. The normalized spacial score (nSPS) is 15.5. The van der Waals surface area contributed by atoms with Crippen molar-refractivity contribution in [2.75, 3.05) is 24.5 Å². The molecule has 1 aliphatic heterocycles. The van der Waals surface area contributed by atoms with E-state index in [1.165, 1.54) is 35.7 Å². The van der Waals surface area contributed by atoms with Gasteiger partial charge in [-0.3, -0.25) is 9.10 Å². The Morgan fingerprint density at radius 1 is 1.08 bits per heavy atom. The number of amides is 1. The minimum Gasteiger partial charge on any atom is -0.497 e. The van der Waals surface area contributed by atoms with Gasteiger partial charge in [-0.25, -0.2) is 12.8 Å². The van der Waals surface area contributed by atoms with E-state index in [1.54, 1.807) is 36.4 Å². The number of sulfonamides is 1. The maximum absolute atomic E-state index is 13.8. The van der Waals surface area contributed by atoms with Crippen LogP contribution in [0.3, 0.4) is 0 Å². The first-order valence-corrected chi connectivity index (χ1v) is 13.4. The first-order chi connectivity index (χ1) is 17.5. The lowest BCUT2D eigenvalue weighted by Gasteiger charge is -2.36. The van der Waals surface area contributed by atoms with Crippen molar-refractivity contribution in [3.8, 4) is 11.5 Å². The van der Waals surface area contributed by atoms with Gasteiger partial charge in [0.15, 0.2) is 6.10 Å². The molecule has 0 radical (unpaired) electrons. The fourth-order valence-electron chi connectivity index (χ4n) is 4.05. The van der Waals surface area contributed by atoms with Crippen molar-refractivity contribution in [1.82, 2.24) is 5.32 Å². The molecule has 0 aliphatic carbocycles. The first-order valence-electron chi connectivity index (χ1n) is 12.0. The summed E-state index contributed by atoms with van der Waals surface area (Å²) in [7, 11) is -2.51. The van der Waals surface area contributed by atoms with Crippen LogP contribution >= 0.6 is 0 Å². The van der Waals surface area contributed by atoms with Crippen LogP contribution in [0.1, 0.15) is 31.9 Å². The third-order valence-corrected chi connectivity index (χ3v) is 8.05. The van der Waals surface area contributed by atoms with Gasteiger partial charge in [-0.1, -0.05) is 39.0 Å². The number of rotatable bonds is 7. The largest absolute Gasteiger partial charge is 0.497 e. The molecule has 1 aliphatic rings.